The fourth-order valence-corrected chi connectivity index (χ4v) is 13.1. The Balaban J connectivity index is 1.14. The second kappa shape index (κ2) is 46.1. The van der Waals surface area contributed by atoms with Crippen LogP contribution < -0.4 is 92.1 Å². The van der Waals surface area contributed by atoms with Crippen LogP contribution >= 0.6 is 11.8 Å². The van der Waals surface area contributed by atoms with Crippen molar-refractivity contribution in [1.29, 1.82) is 5.41 Å². The van der Waals surface area contributed by atoms with E-state index >= 15 is 0 Å². The van der Waals surface area contributed by atoms with E-state index in [9.17, 15) is 82.1 Å². The molecule has 0 radical (unpaired) electrons. The van der Waals surface area contributed by atoms with Gasteiger partial charge in [0.2, 0.25) is 59.1 Å². The first-order valence-electron chi connectivity index (χ1n) is 37.9. The number of rotatable bonds is 47. The van der Waals surface area contributed by atoms with Crippen LogP contribution in [0.3, 0.4) is 0 Å². The summed E-state index contributed by atoms with van der Waals surface area (Å²) in [4.78, 5) is 211. The average molecular weight is 1620 g/mol. The third-order valence-electron chi connectivity index (χ3n) is 18.9. The molecular formula is C77H106N20O17S. The highest BCUT2D eigenvalue weighted by atomic mass is 32.2. The van der Waals surface area contributed by atoms with Gasteiger partial charge < -0.3 is 102 Å². The van der Waals surface area contributed by atoms with Crippen molar-refractivity contribution in [3.63, 3.8) is 0 Å². The number of nitrogens with two attached hydrogens (primary N) is 4. The molecule has 37 nitrogen and oxygen atoms in total. The van der Waals surface area contributed by atoms with Crippen LogP contribution in [0.15, 0.2) is 103 Å². The highest BCUT2D eigenvalue weighted by Gasteiger charge is 2.37. The number of hydrogen-bond acceptors (Lipinski definition) is 19. The SMILES string of the molecule is CCCC[C@H](NC(=O)CCc1c[nH]c2ccccc12)C(=O)N[C@H](CCCNC(=N)N)C(=O)N[C@H](Cc1c[nH]c2ccccc12)C(=O)N[C@@H](C(=O)NC(SCC(=O)NC(=O)N[C@H](Cc1ccc2ccccc2c1)C(=O)N[C@H](C(=O)N[C@@H](CO)C(=O)NC(=O)N[C@H](CCCCN)C(=O)N[C@@H](CC(=O)O)C(N)=O)[C@@H](C)CC)C(N)=O)C(C)C. The van der Waals surface area contributed by atoms with Crippen molar-refractivity contribution >= 4 is 139 Å². The molecule has 2 aromatic heterocycles. The minimum Gasteiger partial charge on any atom is -0.481 e. The number of fused-ring (bicyclic) bond motifs is 3. The van der Waals surface area contributed by atoms with Crippen molar-refractivity contribution in [2.24, 2.45) is 34.8 Å². The van der Waals surface area contributed by atoms with Crippen molar-refractivity contribution in [2.45, 2.75) is 184 Å². The van der Waals surface area contributed by atoms with Gasteiger partial charge in [0.15, 0.2) is 11.3 Å². The molecule has 38 heteroatoms. The Morgan fingerprint density at radius 3 is 1.63 bits per heavy atom. The molecule has 2 heterocycles. The number of H-pyrrole nitrogens is 2. The summed E-state index contributed by atoms with van der Waals surface area (Å²) in [6, 6.07) is 11.2. The highest BCUT2D eigenvalue weighted by molar-refractivity contribution is 8.01. The number of aromatic nitrogens is 2. The number of carboxylic acids is 1. The Labute approximate surface area is 667 Å². The molecule has 0 aliphatic rings. The monoisotopic (exact) mass is 1610 g/mol. The van der Waals surface area contributed by atoms with Crippen molar-refractivity contribution < 1.29 is 82.1 Å². The number of carbonyl (C=O) groups is 15. The van der Waals surface area contributed by atoms with E-state index < -0.39 is 179 Å². The fourth-order valence-electron chi connectivity index (χ4n) is 12.4. The lowest BCUT2D eigenvalue weighted by atomic mass is 9.96. The Kier molecular flexibility index (Phi) is 36.8. The third kappa shape index (κ3) is 29.4. The Hall–Kier alpha value is -12.2. The van der Waals surface area contributed by atoms with Crippen LogP contribution in [0, 0.1) is 17.2 Å². The summed E-state index contributed by atoms with van der Waals surface area (Å²) in [5.74, 6) is -15.5. The third-order valence-corrected chi connectivity index (χ3v) is 20.0. The van der Waals surface area contributed by atoms with E-state index in [0.29, 0.717) is 59.5 Å². The van der Waals surface area contributed by atoms with Gasteiger partial charge in [0.05, 0.1) is 18.8 Å². The molecule has 115 heavy (non-hydrogen) atoms. The predicted octanol–water partition coefficient (Wildman–Crippen LogP) is -0.0995. The lowest BCUT2D eigenvalue weighted by Crippen LogP contribution is -2.61. The summed E-state index contributed by atoms with van der Waals surface area (Å²) in [6.07, 6.45) is 4.86. The number of aliphatic carboxylic acids is 1. The van der Waals surface area contributed by atoms with E-state index in [1.165, 1.54) is 0 Å². The van der Waals surface area contributed by atoms with Gasteiger partial charge in [0.25, 0.3) is 11.8 Å². The molecule has 0 fully saturated rings. The number of benzene rings is 4. The maximum Gasteiger partial charge on any atom is 0.322 e. The van der Waals surface area contributed by atoms with Crippen LogP contribution in [0.5, 0.6) is 0 Å². The number of carbonyl (C=O) groups excluding carboxylic acids is 14. The lowest BCUT2D eigenvalue weighted by molar-refractivity contribution is -0.140. The molecule has 26 N–H and O–H groups in total. The molecular weight excluding hydrogens is 1510 g/mol. The number of aromatic amines is 2. The fraction of sp³-hybridized carbons (Fsp3) is 0.455. The van der Waals surface area contributed by atoms with E-state index in [-0.39, 0.29) is 76.8 Å². The van der Waals surface area contributed by atoms with Gasteiger partial charge in [-0.1, -0.05) is 133 Å². The number of thioether (sulfide) groups is 1. The van der Waals surface area contributed by atoms with Crippen LogP contribution in [0.25, 0.3) is 32.6 Å². The normalized spacial score (nSPS) is 14.1. The summed E-state index contributed by atoms with van der Waals surface area (Å²) in [5.41, 5.74) is 25.8. The van der Waals surface area contributed by atoms with E-state index in [2.05, 4.69) is 73.8 Å². The minimum atomic E-state index is -1.88. The number of hydrogen-bond donors (Lipinski definition) is 22. The van der Waals surface area contributed by atoms with Crippen LogP contribution in [0.4, 0.5) is 9.59 Å². The van der Waals surface area contributed by atoms with Gasteiger partial charge in [-0.25, -0.2) is 9.59 Å². The number of aliphatic hydroxyl groups is 1. The summed E-state index contributed by atoms with van der Waals surface area (Å²) >= 11 is 0.476. The van der Waals surface area contributed by atoms with Crippen molar-refractivity contribution in [1.82, 2.24) is 79.1 Å². The number of carboxylic acid groups (broad SMARTS) is 1. The van der Waals surface area contributed by atoms with Gasteiger partial charge >= 0.3 is 18.0 Å². The first-order valence-corrected chi connectivity index (χ1v) is 38.9. The highest BCUT2D eigenvalue weighted by Crippen LogP contribution is 2.23. The molecule has 11 atom stereocenters. The molecule has 0 aliphatic heterocycles. The predicted molar refractivity (Wildman–Crippen MR) is 429 cm³/mol. The smallest absolute Gasteiger partial charge is 0.322 e. The van der Waals surface area contributed by atoms with Gasteiger partial charge in [0, 0.05) is 60.0 Å². The minimum absolute atomic E-state index is 0.0448. The van der Waals surface area contributed by atoms with Gasteiger partial charge in [-0.15, -0.1) is 11.8 Å². The number of primary amides is 2. The summed E-state index contributed by atoms with van der Waals surface area (Å²) < 4.78 is 0. The first-order chi connectivity index (χ1) is 54.8. The number of aliphatic hydroxyl groups excluding tert-OH is 1. The molecule has 0 aliphatic carbocycles. The Bertz CT molecular complexity index is 4440. The number of unbranched alkanes of at least 4 members (excludes halogenated alkanes) is 2. The molecule has 6 rings (SSSR count). The zero-order valence-corrected chi connectivity index (χ0v) is 65.5. The molecule has 0 spiro atoms. The number of amides is 16. The second-order valence-electron chi connectivity index (χ2n) is 28.1. The first kappa shape index (κ1) is 91.7. The van der Waals surface area contributed by atoms with Gasteiger partial charge in [-0.3, -0.25) is 78.4 Å². The van der Waals surface area contributed by atoms with Crippen molar-refractivity contribution in [3.05, 3.63) is 120 Å². The molecule has 0 saturated heterocycles. The molecule has 16 amide bonds. The maximum absolute atomic E-state index is 14.9. The summed E-state index contributed by atoms with van der Waals surface area (Å²) in [7, 11) is 0. The molecule has 0 saturated carbocycles. The van der Waals surface area contributed by atoms with Crippen LogP contribution in [0.2, 0.25) is 0 Å². The Morgan fingerprint density at radius 2 is 1.03 bits per heavy atom. The number of imide groups is 2. The van der Waals surface area contributed by atoms with Gasteiger partial charge in [-0.05, 0) is 103 Å². The number of urea groups is 2. The Morgan fingerprint density at radius 1 is 0.504 bits per heavy atom. The quantitative estimate of drug-likeness (QED) is 0.0103. The maximum atomic E-state index is 14.9. The molecule has 622 valence electrons. The lowest BCUT2D eigenvalue weighted by Gasteiger charge is -2.28. The average Bonchev–Trinajstić information content (AvgIpc) is 1.77. The number of nitrogens with one attached hydrogen (secondary N) is 16. The van der Waals surface area contributed by atoms with E-state index in [4.69, 9.17) is 28.3 Å². The van der Waals surface area contributed by atoms with Crippen LogP contribution in [-0.4, -0.2) is 200 Å². The van der Waals surface area contributed by atoms with E-state index in [1.807, 2.05) is 54.8 Å². The molecule has 0 bridgehead atoms. The summed E-state index contributed by atoms with van der Waals surface area (Å²) in [6.45, 7) is 7.50. The van der Waals surface area contributed by atoms with Crippen LogP contribution in [0.1, 0.15) is 122 Å². The number of aryl methyl sites for hydroxylation is 1. The van der Waals surface area contributed by atoms with Crippen LogP contribution in [-0.2, 0) is 81.6 Å². The van der Waals surface area contributed by atoms with E-state index in [0.717, 1.165) is 27.2 Å². The summed E-state index contributed by atoms with van der Waals surface area (Å²) in [5, 5.41) is 60.8. The second-order valence-corrected chi connectivity index (χ2v) is 29.2. The number of guanidine groups is 1. The molecule has 1 unspecified atom stereocenters. The van der Waals surface area contributed by atoms with Crippen molar-refractivity contribution in [3.8, 4) is 0 Å². The largest absolute Gasteiger partial charge is 0.481 e. The topological polar surface area (TPSA) is 612 Å². The van der Waals surface area contributed by atoms with Crippen molar-refractivity contribution in [2.75, 3.05) is 25.4 Å². The van der Waals surface area contributed by atoms with Gasteiger partial charge in [-0.2, -0.15) is 0 Å². The number of para-hydroxylation sites is 2. The molecule has 6 aromatic rings. The zero-order chi connectivity index (χ0) is 84.4. The molecule has 4 aromatic carbocycles. The standard InChI is InChI=1S/C77H106N20O17S/c1-6-8-22-52(86-59(99)30-29-46-37-84-50-23-13-11-20-48(46)50)66(105)87-53(26-17-32-83-75(81)82)67(106)89-57(35-47-38-85-51-24-14-12-21-49(47)51)70(109)94-62(41(3)4)72(111)96-74(65(80)104)115-40-60(100)93-76(113)92-56(34-43-27-28-44-18-9-10-19-45(44)33-43)69(108)95-63(42(5)7-2)73(112)90-58(39-98)71(110)97-77(114)91-54(25-15-16-31-78)68(107)88-55(64(79)103)36-61(101)102/h9-14,18-21,23-24,27-28,33,37-38,41-42,52-58,62-63,74,84-85,98H,6-8,15-17,22,25-26,29-32,34-36,39-40,78H2,1-5H3,(H2,79,103)(H2,80,104)(H,86,99)(H,87,105)(H,88,107)(H,89,106)(H,90,112)(H,94,109)(H,95,108)(H,96,111)(H,101,102)(H4,81,82,83)(H2,91,97,110,114)(H2,92,93,100,113)/t42-,52-,53+,54+,55-,56+,57+,58-,62+,63-,74?/m0/s1. The van der Waals surface area contributed by atoms with Gasteiger partial charge in [0.1, 0.15) is 54.4 Å². The van der Waals surface area contributed by atoms with E-state index in [1.54, 1.807) is 88.5 Å². The zero-order valence-electron chi connectivity index (χ0n) is 64.7.